The zero-order valence-corrected chi connectivity index (χ0v) is 15.3. The third-order valence-corrected chi connectivity index (χ3v) is 6.11. The Morgan fingerprint density at radius 2 is 1.83 bits per heavy atom. The second-order valence-corrected chi connectivity index (χ2v) is 8.00. The molecular formula is C15H23N3O3S2. The van der Waals surface area contributed by atoms with Gasteiger partial charge in [0, 0.05) is 31.9 Å². The van der Waals surface area contributed by atoms with Gasteiger partial charge in [0.2, 0.25) is 10.0 Å². The lowest BCUT2D eigenvalue weighted by Gasteiger charge is -2.26. The van der Waals surface area contributed by atoms with Crippen molar-refractivity contribution in [1.29, 1.82) is 0 Å². The highest BCUT2D eigenvalue weighted by Crippen LogP contribution is 2.19. The molecule has 0 aliphatic carbocycles. The minimum absolute atomic E-state index is 0.285. The summed E-state index contributed by atoms with van der Waals surface area (Å²) in [5.41, 5.74) is 0.767. The van der Waals surface area contributed by atoms with Gasteiger partial charge in [-0.3, -0.25) is 0 Å². The van der Waals surface area contributed by atoms with E-state index in [0.29, 0.717) is 31.4 Å². The minimum Gasteiger partial charge on any atom is -0.379 e. The predicted molar refractivity (Wildman–Crippen MR) is 95.1 cm³/mol. The predicted octanol–water partition coefficient (Wildman–Crippen LogP) is 1.74. The summed E-state index contributed by atoms with van der Waals surface area (Å²) in [6, 6.07) is 6.95. The maximum atomic E-state index is 12.5. The van der Waals surface area contributed by atoms with Crippen LogP contribution in [0, 0.1) is 0 Å². The van der Waals surface area contributed by atoms with Crippen LogP contribution in [0.2, 0.25) is 0 Å². The van der Waals surface area contributed by atoms with Crippen LogP contribution in [0.5, 0.6) is 0 Å². The van der Waals surface area contributed by atoms with Crippen LogP contribution in [-0.4, -0.2) is 62.1 Å². The molecule has 0 bridgehead atoms. The van der Waals surface area contributed by atoms with Crippen LogP contribution in [0.25, 0.3) is 0 Å². The first-order valence-electron chi connectivity index (χ1n) is 7.54. The first-order valence-corrected chi connectivity index (χ1v) is 9.39. The number of nitrogens with one attached hydrogen (secondary N) is 1. The summed E-state index contributed by atoms with van der Waals surface area (Å²) in [5.74, 6) is 0. The van der Waals surface area contributed by atoms with Gasteiger partial charge < -0.3 is 15.0 Å². The monoisotopic (exact) mass is 357 g/mol. The number of hydrogen-bond donors (Lipinski definition) is 1. The Kier molecular flexibility index (Phi) is 5.96. The fourth-order valence-corrected chi connectivity index (χ4v) is 3.83. The maximum Gasteiger partial charge on any atom is 0.243 e. The number of rotatable bonds is 4. The lowest BCUT2D eigenvalue weighted by molar-refractivity contribution is 0.0730. The molecule has 1 fully saturated rings. The van der Waals surface area contributed by atoms with Crippen LogP contribution in [0.3, 0.4) is 0 Å². The standard InChI is InChI=1S/C15H23N3O3S2/c1-12(2)17(3)15(22)16-13-4-6-14(7-5-13)23(19,20)18-8-10-21-11-9-18/h4-7,12H,8-11H2,1-3H3,(H,16,22). The highest BCUT2D eigenvalue weighted by molar-refractivity contribution is 7.89. The fourth-order valence-electron chi connectivity index (χ4n) is 2.09. The highest BCUT2D eigenvalue weighted by Gasteiger charge is 2.26. The Morgan fingerprint density at radius 1 is 1.26 bits per heavy atom. The minimum atomic E-state index is -3.45. The lowest BCUT2D eigenvalue weighted by atomic mass is 10.3. The second-order valence-electron chi connectivity index (χ2n) is 5.68. The fraction of sp³-hybridized carbons (Fsp3) is 0.533. The van der Waals surface area contributed by atoms with Gasteiger partial charge in [0.1, 0.15) is 0 Å². The molecule has 1 aromatic rings. The van der Waals surface area contributed by atoms with Crippen molar-refractivity contribution >= 4 is 33.0 Å². The topological polar surface area (TPSA) is 61.9 Å². The van der Waals surface area contributed by atoms with Gasteiger partial charge >= 0.3 is 0 Å². The number of sulfonamides is 1. The van der Waals surface area contributed by atoms with Crippen molar-refractivity contribution < 1.29 is 13.2 Å². The molecule has 0 amide bonds. The average molecular weight is 358 g/mol. The van der Waals surface area contributed by atoms with Crippen LogP contribution < -0.4 is 5.32 Å². The number of nitrogens with zero attached hydrogens (tertiary/aromatic N) is 2. The number of morpholine rings is 1. The third-order valence-electron chi connectivity index (χ3n) is 3.81. The van der Waals surface area contributed by atoms with Crippen LogP contribution in [0.15, 0.2) is 29.2 Å². The molecule has 8 heteroatoms. The largest absolute Gasteiger partial charge is 0.379 e. The molecule has 1 aliphatic rings. The Hall–Kier alpha value is -1.22. The molecule has 1 heterocycles. The normalized spacial score (nSPS) is 16.3. The summed E-state index contributed by atoms with van der Waals surface area (Å²) in [5, 5.41) is 3.71. The zero-order valence-electron chi connectivity index (χ0n) is 13.7. The quantitative estimate of drug-likeness (QED) is 0.829. The van der Waals surface area contributed by atoms with Gasteiger partial charge in [-0.1, -0.05) is 0 Å². The van der Waals surface area contributed by atoms with E-state index in [0.717, 1.165) is 5.69 Å². The smallest absolute Gasteiger partial charge is 0.243 e. The van der Waals surface area contributed by atoms with Gasteiger partial charge in [-0.15, -0.1) is 0 Å². The SMILES string of the molecule is CC(C)N(C)C(=S)Nc1ccc(S(=O)(=O)N2CCOCC2)cc1. The Labute approximate surface area is 143 Å². The van der Waals surface area contributed by atoms with Crippen LogP contribution >= 0.6 is 12.2 Å². The van der Waals surface area contributed by atoms with E-state index in [2.05, 4.69) is 5.32 Å². The number of ether oxygens (including phenoxy) is 1. The van der Waals surface area contributed by atoms with Gasteiger partial charge in [0.05, 0.1) is 18.1 Å². The van der Waals surface area contributed by atoms with Crippen LogP contribution in [0.4, 0.5) is 5.69 Å². The van der Waals surface area contributed by atoms with E-state index in [9.17, 15) is 8.42 Å². The molecule has 128 valence electrons. The van der Waals surface area contributed by atoms with Gasteiger partial charge in [0.25, 0.3) is 0 Å². The van der Waals surface area contributed by atoms with Crippen molar-refractivity contribution in [3.8, 4) is 0 Å². The van der Waals surface area contributed by atoms with E-state index < -0.39 is 10.0 Å². The van der Waals surface area contributed by atoms with Crippen molar-refractivity contribution in [1.82, 2.24) is 9.21 Å². The first-order chi connectivity index (χ1) is 10.8. The van der Waals surface area contributed by atoms with E-state index in [1.54, 1.807) is 24.3 Å². The summed E-state index contributed by atoms with van der Waals surface area (Å²) in [6.07, 6.45) is 0. The molecule has 1 aromatic carbocycles. The van der Waals surface area contributed by atoms with E-state index in [1.807, 2.05) is 25.8 Å². The molecule has 1 saturated heterocycles. The molecule has 6 nitrogen and oxygen atoms in total. The number of thiocarbonyl (C=S) groups is 1. The Balaban J connectivity index is 2.08. The molecule has 1 N–H and O–H groups in total. The molecule has 0 radical (unpaired) electrons. The van der Waals surface area contributed by atoms with Crippen molar-refractivity contribution in [3.05, 3.63) is 24.3 Å². The second kappa shape index (κ2) is 7.57. The van der Waals surface area contributed by atoms with Crippen molar-refractivity contribution in [2.24, 2.45) is 0 Å². The van der Waals surface area contributed by atoms with Gasteiger partial charge in [-0.2, -0.15) is 4.31 Å². The van der Waals surface area contributed by atoms with Crippen LogP contribution in [0.1, 0.15) is 13.8 Å². The molecule has 2 rings (SSSR count). The van der Waals surface area contributed by atoms with Crippen molar-refractivity contribution in [2.75, 3.05) is 38.7 Å². The van der Waals surface area contributed by atoms with Gasteiger partial charge in [0.15, 0.2) is 5.11 Å². The molecule has 0 saturated carbocycles. The van der Waals surface area contributed by atoms with Crippen molar-refractivity contribution in [3.63, 3.8) is 0 Å². The molecule has 1 aliphatic heterocycles. The molecule has 0 atom stereocenters. The number of anilines is 1. The third kappa shape index (κ3) is 4.41. The van der Waals surface area contributed by atoms with Crippen molar-refractivity contribution in [2.45, 2.75) is 24.8 Å². The summed E-state index contributed by atoms with van der Waals surface area (Å²) < 4.78 is 31.7. The summed E-state index contributed by atoms with van der Waals surface area (Å²) in [7, 11) is -1.54. The average Bonchev–Trinajstić information content (AvgIpc) is 2.55. The zero-order chi connectivity index (χ0) is 17.0. The number of hydrogen-bond acceptors (Lipinski definition) is 4. The summed E-state index contributed by atoms with van der Waals surface area (Å²) >= 11 is 5.32. The highest BCUT2D eigenvalue weighted by atomic mass is 32.2. The summed E-state index contributed by atoms with van der Waals surface area (Å²) in [4.78, 5) is 2.22. The Morgan fingerprint density at radius 3 is 2.35 bits per heavy atom. The van der Waals surface area contributed by atoms with Gasteiger partial charge in [-0.25, -0.2) is 8.42 Å². The van der Waals surface area contributed by atoms with E-state index in [-0.39, 0.29) is 10.9 Å². The molecular weight excluding hydrogens is 334 g/mol. The molecule has 0 aromatic heterocycles. The van der Waals surface area contributed by atoms with Crippen LogP contribution in [-0.2, 0) is 14.8 Å². The Bertz CT molecular complexity index is 638. The van der Waals surface area contributed by atoms with E-state index >= 15 is 0 Å². The molecule has 23 heavy (non-hydrogen) atoms. The van der Waals surface area contributed by atoms with E-state index in [4.69, 9.17) is 17.0 Å². The summed E-state index contributed by atoms with van der Waals surface area (Å²) in [6.45, 7) is 5.76. The maximum absolute atomic E-state index is 12.5. The van der Waals surface area contributed by atoms with E-state index in [1.165, 1.54) is 4.31 Å². The first kappa shape index (κ1) is 18.1. The number of benzene rings is 1. The lowest BCUT2D eigenvalue weighted by Crippen LogP contribution is -2.40. The molecule has 0 spiro atoms. The molecule has 0 unspecified atom stereocenters. The van der Waals surface area contributed by atoms with Gasteiger partial charge in [-0.05, 0) is 50.3 Å².